The van der Waals surface area contributed by atoms with Crippen LogP contribution in [0, 0.1) is 12.1 Å². The van der Waals surface area contributed by atoms with E-state index in [0.29, 0.717) is 0 Å². The molecule has 2 aromatic carbocycles. The molecule has 0 fully saturated rings. The Morgan fingerprint density at radius 2 is 1.57 bits per heavy atom. The van der Waals surface area contributed by atoms with Crippen molar-refractivity contribution in [3.8, 4) is 0 Å². The summed E-state index contributed by atoms with van der Waals surface area (Å²) in [4.78, 5) is 1.27. The van der Waals surface area contributed by atoms with Crippen LogP contribution in [0.15, 0.2) is 47.4 Å². The minimum Gasteiger partial charge on any atom is -1.00 e. The second kappa shape index (κ2) is 16.8. The van der Waals surface area contributed by atoms with Gasteiger partial charge in [0.1, 0.15) is 0 Å². The normalized spacial score (nSPS) is 8.74. The van der Waals surface area contributed by atoms with Gasteiger partial charge in [-0.2, -0.15) is 79.5 Å². The van der Waals surface area contributed by atoms with Crippen molar-refractivity contribution in [1.29, 1.82) is 0 Å². The van der Waals surface area contributed by atoms with E-state index in [-0.39, 0.29) is 85.1 Å². The summed E-state index contributed by atoms with van der Waals surface area (Å²) < 4.78 is 35.8. The number of hydrogen-bond donors (Lipinski definition) is 0. The van der Waals surface area contributed by atoms with E-state index in [1.165, 1.54) is 11.0 Å². The quantitative estimate of drug-likeness (QED) is 0.259. The number of halogens is 6. The Kier molecular flexibility index (Phi) is 23.4. The Labute approximate surface area is 197 Å². The summed E-state index contributed by atoms with van der Waals surface area (Å²) in [6.07, 6.45) is -2.32. The third kappa shape index (κ3) is 13.3. The van der Waals surface area contributed by atoms with E-state index in [1.807, 2.05) is 18.2 Å². The zero-order valence-corrected chi connectivity index (χ0v) is 19.7. The summed E-state index contributed by atoms with van der Waals surface area (Å²) in [5, 5.41) is -0.295. The van der Waals surface area contributed by atoms with Gasteiger partial charge in [-0.3, -0.25) is 0 Å². The van der Waals surface area contributed by atoms with Gasteiger partial charge in [0.15, 0.2) is 0 Å². The van der Waals surface area contributed by atoms with Gasteiger partial charge >= 0.3 is 52.3 Å². The zero-order valence-electron chi connectivity index (χ0n) is 12.1. The van der Waals surface area contributed by atoms with Gasteiger partial charge in [-0.15, -0.1) is 16.5 Å². The minimum absolute atomic E-state index is 0. The van der Waals surface area contributed by atoms with E-state index in [1.54, 1.807) is 11.8 Å². The van der Waals surface area contributed by atoms with Gasteiger partial charge in [0.25, 0.3) is 0 Å². The van der Waals surface area contributed by atoms with Gasteiger partial charge in [0.2, 0.25) is 0 Å². The molecule has 0 amide bonds. The van der Waals surface area contributed by atoms with Crippen LogP contribution in [0.1, 0.15) is 5.56 Å². The number of thioether (sulfide) groups is 1. The number of hydrogen-bond acceptors (Lipinski definition) is 1. The van der Waals surface area contributed by atoms with E-state index >= 15 is 0 Å². The first kappa shape index (κ1) is 32.1. The van der Waals surface area contributed by atoms with E-state index in [9.17, 15) is 13.2 Å². The predicted octanol–water partition coefficient (Wildman–Crippen LogP) is -1.39. The van der Waals surface area contributed by atoms with Crippen molar-refractivity contribution in [3.63, 3.8) is 0 Å². The van der Waals surface area contributed by atoms with Crippen LogP contribution in [0.25, 0.3) is 0 Å². The van der Waals surface area contributed by atoms with Crippen LogP contribution in [0.2, 0.25) is 5.02 Å². The molecule has 9 heteroatoms. The smallest absolute Gasteiger partial charge is 1.00 e. The van der Waals surface area contributed by atoms with Crippen molar-refractivity contribution in [2.75, 3.05) is 6.26 Å². The molecule has 0 aliphatic rings. The Bertz CT molecular complexity index is 517. The fourth-order valence-corrected chi connectivity index (χ4v) is 1.76. The molecular weight excluding hydrogens is 501 g/mol. The Morgan fingerprint density at radius 3 is 1.87 bits per heavy atom. The van der Waals surface area contributed by atoms with E-state index in [4.69, 9.17) is 11.6 Å². The molecule has 2 rings (SSSR count). The SMILES string of the molecule is CSc1c[c-]ccc1.FC(F)(F)c1c[c-]ccc1Cl.[Br-].[Br-].[Mg+2].[Mg+2]. The number of alkyl halides is 3. The van der Waals surface area contributed by atoms with Crippen molar-refractivity contribution < 1.29 is 47.1 Å². The maximum Gasteiger partial charge on any atom is 2.00 e. The fourth-order valence-electron chi connectivity index (χ4n) is 1.13. The van der Waals surface area contributed by atoms with Gasteiger partial charge in [0, 0.05) is 0 Å². The molecule has 0 saturated carbocycles. The minimum atomic E-state index is -4.38. The molecule has 0 radical (unpaired) electrons. The first-order valence-electron chi connectivity index (χ1n) is 5.18. The maximum atomic E-state index is 11.9. The number of rotatable bonds is 1. The molecule has 0 aliphatic carbocycles. The molecule has 0 bridgehead atoms. The van der Waals surface area contributed by atoms with E-state index in [2.05, 4.69) is 24.5 Å². The molecule has 0 heterocycles. The van der Waals surface area contributed by atoms with E-state index < -0.39 is 11.7 Å². The second-order valence-corrected chi connectivity index (χ2v) is 4.63. The molecule has 0 N–H and O–H groups in total. The van der Waals surface area contributed by atoms with Crippen LogP contribution < -0.4 is 34.0 Å². The Balaban J connectivity index is -0.000000138. The zero-order chi connectivity index (χ0) is 14.3. The average Bonchev–Trinajstić information content (AvgIpc) is 2.39. The summed E-state index contributed by atoms with van der Waals surface area (Å²) in [5.41, 5.74) is -0.846. The summed E-state index contributed by atoms with van der Waals surface area (Å²) in [7, 11) is 0. The molecule has 23 heavy (non-hydrogen) atoms. The van der Waals surface area contributed by atoms with Crippen LogP contribution in [-0.4, -0.2) is 52.4 Å². The first-order chi connectivity index (χ1) is 8.95. The molecular formula is C14H10Br2ClF3Mg2S. The first-order valence-corrected chi connectivity index (χ1v) is 6.78. The summed E-state index contributed by atoms with van der Waals surface area (Å²) in [6.45, 7) is 0. The summed E-state index contributed by atoms with van der Waals surface area (Å²) >= 11 is 7.01. The Morgan fingerprint density at radius 1 is 1.00 bits per heavy atom. The largest absolute Gasteiger partial charge is 2.00 e. The molecule has 0 saturated heterocycles. The number of benzene rings is 2. The topological polar surface area (TPSA) is 0 Å². The van der Waals surface area contributed by atoms with Crippen LogP contribution in [0.4, 0.5) is 13.2 Å². The third-order valence-corrected chi connectivity index (χ3v) is 3.09. The van der Waals surface area contributed by atoms with Gasteiger partial charge in [-0.05, 0) is 11.8 Å². The average molecular weight is 511 g/mol. The van der Waals surface area contributed by atoms with Gasteiger partial charge < -0.3 is 34.0 Å². The molecule has 118 valence electrons. The van der Waals surface area contributed by atoms with Crippen molar-refractivity contribution in [2.24, 2.45) is 0 Å². The molecule has 0 aliphatic heterocycles. The molecule has 2 aromatic rings. The fraction of sp³-hybridized carbons (Fsp3) is 0.143. The monoisotopic (exact) mass is 508 g/mol. The van der Waals surface area contributed by atoms with Crippen LogP contribution in [-0.2, 0) is 6.18 Å². The van der Waals surface area contributed by atoms with Gasteiger partial charge in [0.05, 0.1) is 0 Å². The van der Waals surface area contributed by atoms with Crippen molar-refractivity contribution in [2.45, 2.75) is 11.1 Å². The molecule has 0 spiro atoms. The second-order valence-electron chi connectivity index (χ2n) is 3.35. The van der Waals surface area contributed by atoms with Crippen molar-refractivity contribution >= 4 is 69.5 Å². The van der Waals surface area contributed by atoms with E-state index in [0.717, 1.165) is 12.1 Å². The van der Waals surface area contributed by atoms with Crippen molar-refractivity contribution in [3.05, 3.63) is 65.2 Å². The Hall–Kier alpha value is 1.36. The predicted molar refractivity (Wildman–Crippen MR) is 83.9 cm³/mol. The third-order valence-electron chi connectivity index (χ3n) is 2.03. The van der Waals surface area contributed by atoms with Crippen LogP contribution in [0.5, 0.6) is 0 Å². The standard InChI is InChI=1S/C7H3ClF3.C7H7S.2BrH.2Mg/c8-6-4-2-1-3-5(6)7(9,10)11;1-8-7-5-3-2-4-6-7;;;;/h2-4H;2-3,5-6H,1H3;2*1H;;/q2*-1;;;2*+2/p-2. The summed E-state index contributed by atoms with van der Waals surface area (Å²) in [6, 6.07) is 16.5. The molecule has 0 atom stereocenters. The van der Waals surface area contributed by atoms with Crippen LogP contribution in [0.3, 0.4) is 0 Å². The van der Waals surface area contributed by atoms with Gasteiger partial charge in [-0.1, -0.05) is 5.02 Å². The van der Waals surface area contributed by atoms with Crippen molar-refractivity contribution in [1.82, 2.24) is 0 Å². The van der Waals surface area contributed by atoms with Gasteiger partial charge in [-0.25, -0.2) is 0 Å². The molecule has 0 aromatic heterocycles. The van der Waals surface area contributed by atoms with Crippen LogP contribution >= 0.6 is 23.4 Å². The maximum absolute atomic E-state index is 11.9. The molecule has 0 unspecified atom stereocenters. The molecule has 0 nitrogen and oxygen atoms in total. The summed E-state index contributed by atoms with van der Waals surface area (Å²) in [5.74, 6) is 0.